The molecule has 1 N–H and O–H groups in total. The minimum absolute atomic E-state index is 0.0839. The van der Waals surface area contributed by atoms with Gasteiger partial charge >= 0.3 is 18.3 Å². The first-order valence-electron chi connectivity index (χ1n) is 8.31. The molecule has 0 aliphatic heterocycles. The zero-order valence-corrected chi connectivity index (χ0v) is 14.0. The number of halogens is 6. The second-order valence-electron chi connectivity index (χ2n) is 7.60. The Morgan fingerprint density at radius 3 is 2.08 bits per heavy atom. The standard InChI is InChI=1S/C16H22F6O3/c1-8(2)13(23)25-12-5-9-3-10(6-12)11(4-9)7-14(24,15(17,18)19)16(20,21)22/h8-12,24H,3-7H2,1-2H3. The van der Waals surface area contributed by atoms with Gasteiger partial charge in [-0.1, -0.05) is 13.8 Å². The molecule has 2 saturated carbocycles. The Morgan fingerprint density at radius 2 is 1.60 bits per heavy atom. The quantitative estimate of drug-likeness (QED) is 0.590. The van der Waals surface area contributed by atoms with Crippen molar-refractivity contribution in [3.05, 3.63) is 0 Å². The summed E-state index contributed by atoms with van der Waals surface area (Å²) in [5.74, 6) is -2.18. The fourth-order valence-electron chi connectivity index (χ4n) is 4.04. The molecule has 4 atom stereocenters. The third kappa shape index (κ3) is 4.06. The number of fused-ring (bicyclic) bond motifs is 2. The fourth-order valence-corrected chi connectivity index (χ4v) is 4.04. The van der Waals surface area contributed by atoms with Crippen LogP contribution in [-0.4, -0.2) is 35.1 Å². The van der Waals surface area contributed by atoms with E-state index in [0.29, 0.717) is 12.8 Å². The van der Waals surface area contributed by atoms with Crippen LogP contribution in [0.1, 0.15) is 46.0 Å². The van der Waals surface area contributed by atoms with Gasteiger partial charge in [-0.25, -0.2) is 0 Å². The van der Waals surface area contributed by atoms with Crippen molar-refractivity contribution in [1.82, 2.24) is 0 Å². The monoisotopic (exact) mass is 376 g/mol. The average molecular weight is 376 g/mol. The molecular formula is C16H22F6O3. The van der Waals surface area contributed by atoms with E-state index in [1.807, 2.05) is 0 Å². The third-order valence-electron chi connectivity index (χ3n) is 5.35. The van der Waals surface area contributed by atoms with Gasteiger partial charge in [0.1, 0.15) is 6.10 Å². The maximum atomic E-state index is 12.9. The van der Waals surface area contributed by atoms with E-state index >= 15 is 0 Å². The highest BCUT2D eigenvalue weighted by Gasteiger charge is 2.71. The van der Waals surface area contributed by atoms with Gasteiger partial charge in [0, 0.05) is 0 Å². The fraction of sp³-hybridized carbons (Fsp3) is 0.938. The molecule has 0 heterocycles. The summed E-state index contributed by atoms with van der Waals surface area (Å²) in [5.41, 5.74) is -4.70. The Bertz CT molecular complexity index is 485. The van der Waals surface area contributed by atoms with Crippen LogP contribution in [-0.2, 0) is 9.53 Å². The van der Waals surface area contributed by atoms with Crippen molar-refractivity contribution >= 4 is 5.97 Å². The highest BCUT2D eigenvalue weighted by molar-refractivity contribution is 5.71. The predicted molar refractivity (Wildman–Crippen MR) is 75.3 cm³/mol. The van der Waals surface area contributed by atoms with E-state index in [-0.39, 0.29) is 24.7 Å². The summed E-state index contributed by atoms with van der Waals surface area (Å²) in [6, 6.07) is 0. The number of aliphatic hydroxyl groups is 1. The van der Waals surface area contributed by atoms with Crippen LogP contribution < -0.4 is 0 Å². The van der Waals surface area contributed by atoms with E-state index in [1.54, 1.807) is 13.8 Å². The lowest BCUT2D eigenvalue weighted by Crippen LogP contribution is -2.58. The minimum Gasteiger partial charge on any atom is -0.462 e. The summed E-state index contributed by atoms with van der Waals surface area (Å²) < 4.78 is 82.7. The van der Waals surface area contributed by atoms with Gasteiger partial charge in [-0.3, -0.25) is 4.79 Å². The van der Waals surface area contributed by atoms with E-state index < -0.39 is 48.3 Å². The number of alkyl halides is 6. The molecule has 2 fully saturated rings. The Hall–Kier alpha value is -0.990. The van der Waals surface area contributed by atoms with Crippen molar-refractivity contribution in [3.8, 4) is 0 Å². The topological polar surface area (TPSA) is 46.5 Å². The smallest absolute Gasteiger partial charge is 0.426 e. The highest BCUT2D eigenvalue weighted by Crippen LogP contribution is 2.54. The number of hydrogen-bond donors (Lipinski definition) is 1. The Labute approximate surface area is 141 Å². The van der Waals surface area contributed by atoms with Gasteiger partial charge < -0.3 is 9.84 Å². The summed E-state index contributed by atoms with van der Waals surface area (Å²) in [5, 5.41) is 9.41. The van der Waals surface area contributed by atoms with Gasteiger partial charge in [0.05, 0.1) is 5.92 Å². The number of carbonyl (C=O) groups is 1. The molecule has 0 radical (unpaired) electrons. The summed E-state index contributed by atoms with van der Waals surface area (Å²) in [6.45, 7) is 3.30. The molecule has 0 aromatic heterocycles. The van der Waals surface area contributed by atoms with E-state index in [0.717, 1.165) is 0 Å². The van der Waals surface area contributed by atoms with Crippen LogP contribution in [0, 0.1) is 23.7 Å². The van der Waals surface area contributed by atoms with Gasteiger partial charge in [-0.05, 0) is 49.9 Å². The first-order chi connectivity index (χ1) is 11.2. The van der Waals surface area contributed by atoms with Crippen LogP contribution in [0.2, 0.25) is 0 Å². The van der Waals surface area contributed by atoms with E-state index in [9.17, 15) is 36.2 Å². The molecule has 9 heteroatoms. The highest BCUT2D eigenvalue weighted by atomic mass is 19.4. The Balaban J connectivity index is 2.09. The summed E-state index contributed by atoms with van der Waals surface area (Å²) in [7, 11) is 0. The second-order valence-corrected chi connectivity index (χ2v) is 7.60. The summed E-state index contributed by atoms with van der Waals surface area (Å²) in [4.78, 5) is 11.7. The molecule has 0 aromatic rings. The zero-order valence-electron chi connectivity index (χ0n) is 14.0. The maximum Gasteiger partial charge on any atom is 0.426 e. The SMILES string of the molecule is CC(C)C(=O)OC1CC2CC(C1)C(CC(O)(C(F)(F)F)C(F)(F)F)C2. The first-order valence-corrected chi connectivity index (χ1v) is 8.31. The van der Waals surface area contributed by atoms with E-state index in [1.165, 1.54) is 0 Å². The van der Waals surface area contributed by atoms with Gasteiger partial charge in [-0.2, -0.15) is 26.3 Å². The van der Waals surface area contributed by atoms with Crippen LogP contribution in [0.4, 0.5) is 26.3 Å². The van der Waals surface area contributed by atoms with Crippen LogP contribution >= 0.6 is 0 Å². The van der Waals surface area contributed by atoms with Crippen LogP contribution in [0.5, 0.6) is 0 Å². The third-order valence-corrected chi connectivity index (χ3v) is 5.35. The van der Waals surface area contributed by atoms with Crippen molar-refractivity contribution in [3.63, 3.8) is 0 Å². The molecule has 0 spiro atoms. The Kier molecular flexibility index (Phi) is 5.39. The molecule has 0 saturated heterocycles. The second kappa shape index (κ2) is 6.63. The van der Waals surface area contributed by atoms with Gasteiger partial charge in [0.2, 0.25) is 0 Å². The maximum absolute atomic E-state index is 12.9. The number of hydrogen-bond acceptors (Lipinski definition) is 3. The summed E-state index contributed by atoms with van der Waals surface area (Å²) >= 11 is 0. The summed E-state index contributed by atoms with van der Waals surface area (Å²) in [6.07, 6.45) is -12.1. The number of esters is 1. The van der Waals surface area contributed by atoms with Crippen LogP contribution in [0.15, 0.2) is 0 Å². The van der Waals surface area contributed by atoms with E-state index in [2.05, 4.69) is 0 Å². The zero-order chi connectivity index (χ0) is 19.2. The van der Waals surface area contributed by atoms with E-state index in [4.69, 9.17) is 4.74 Å². The molecular weight excluding hydrogens is 354 g/mol. The van der Waals surface area contributed by atoms with Crippen LogP contribution in [0.3, 0.4) is 0 Å². The lowest BCUT2D eigenvalue weighted by molar-refractivity contribution is -0.373. The lowest BCUT2D eigenvalue weighted by atomic mass is 9.80. The minimum atomic E-state index is -5.79. The molecule has 2 bridgehead atoms. The van der Waals surface area contributed by atoms with Crippen molar-refractivity contribution in [2.24, 2.45) is 23.7 Å². The normalized spacial score (nSPS) is 30.6. The van der Waals surface area contributed by atoms with Crippen LogP contribution in [0.25, 0.3) is 0 Å². The Morgan fingerprint density at radius 1 is 1.04 bits per heavy atom. The number of ether oxygens (including phenoxy) is 1. The first kappa shape index (κ1) is 20.3. The molecule has 2 rings (SSSR count). The molecule has 0 amide bonds. The van der Waals surface area contributed by atoms with Crippen molar-refractivity contribution in [1.29, 1.82) is 0 Å². The average Bonchev–Trinajstić information content (AvgIpc) is 2.70. The van der Waals surface area contributed by atoms with Gasteiger partial charge in [0.15, 0.2) is 0 Å². The van der Waals surface area contributed by atoms with Crippen molar-refractivity contribution < 1.29 is 41.0 Å². The van der Waals surface area contributed by atoms with Gasteiger partial charge in [-0.15, -0.1) is 0 Å². The molecule has 2 aliphatic rings. The molecule has 146 valence electrons. The number of rotatable bonds is 4. The van der Waals surface area contributed by atoms with Gasteiger partial charge in [0.25, 0.3) is 5.60 Å². The molecule has 25 heavy (non-hydrogen) atoms. The predicted octanol–water partition coefficient (Wildman–Crippen LogP) is 4.24. The van der Waals surface area contributed by atoms with Crippen molar-refractivity contribution in [2.45, 2.75) is 70.0 Å². The largest absolute Gasteiger partial charge is 0.462 e. The number of carbonyl (C=O) groups excluding carboxylic acids is 1. The molecule has 2 aliphatic carbocycles. The molecule has 4 unspecified atom stereocenters. The molecule has 0 aromatic carbocycles. The van der Waals surface area contributed by atoms with Crippen molar-refractivity contribution in [2.75, 3.05) is 0 Å². The molecule has 3 nitrogen and oxygen atoms in total. The lowest BCUT2D eigenvalue weighted by Gasteiger charge is -2.36.